The second-order valence-electron chi connectivity index (χ2n) is 7.44. The molecule has 0 aliphatic heterocycles. The fraction of sp³-hybridized carbons (Fsp3) is 0.417. The molecule has 0 spiro atoms. The largest absolute Gasteiger partial charge is 0.496 e. The molecule has 0 heterocycles. The van der Waals surface area contributed by atoms with Crippen LogP contribution in [-0.4, -0.2) is 49.6 Å². The van der Waals surface area contributed by atoms with Crippen molar-refractivity contribution in [2.24, 2.45) is 0 Å². The van der Waals surface area contributed by atoms with E-state index in [1.54, 1.807) is 31.2 Å². The van der Waals surface area contributed by atoms with Crippen LogP contribution in [0, 0.1) is 0 Å². The minimum Gasteiger partial charge on any atom is -0.496 e. The molecule has 2 aromatic carbocycles. The Labute approximate surface area is 194 Å². The number of rotatable bonds is 11. The number of benzene rings is 2. The zero-order valence-electron chi connectivity index (χ0n) is 19.2. The zero-order valence-corrected chi connectivity index (χ0v) is 19.9. The van der Waals surface area contributed by atoms with Crippen LogP contribution in [0.4, 0.5) is 0 Å². The molecule has 2 aromatic rings. The van der Waals surface area contributed by atoms with E-state index in [1.165, 1.54) is 19.1 Å². The Hall–Kier alpha value is -2.93. The molecule has 0 aliphatic rings. The van der Waals surface area contributed by atoms with Gasteiger partial charge >= 0.3 is 0 Å². The Morgan fingerprint density at radius 3 is 2.19 bits per heavy atom. The average molecular weight is 463 g/mol. The number of hydrogen-bond donors (Lipinski definition) is 1. The first-order valence-corrected chi connectivity index (χ1v) is 10.9. The molecule has 0 unspecified atom stereocenters. The van der Waals surface area contributed by atoms with Crippen LogP contribution in [0.1, 0.15) is 32.8 Å². The summed E-state index contributed by atoms with van der Waals surface area (Å²) in [5, 5.41) is 3.46. The molecule has 32 heavy (non-hydrogen) atoms. The molecule has 1 N–H and O–H groups in total. The number of carbonyl (C=O) groups is 2. The number of amides is 2. The quantitative estimate of drug-likeness (QED) is 0.544. The summed E-state index contributed by atoms with van der Waals surface area (Å²) in [6.45, 7) is 5.52. The van der Waals surface area contributed by atoms with Crippen LogP contribution in [0.3, 0.4) is 0 Å². The summed E-state index contributed by atoms with van der Waals surface area (Å²) in [4.78, 5) is 27.4. The number of nitrogens with one attached hydrogen (secondary N) is 1. The van der Waals surface area contributed by atoms with Crippen LogP contribution >= 0.6 is 11.6 Å². The second kappa shape index (κ2) is 12.2. The predicted octanol–water partition coefficient (Wildman–Crippen LogP) is 4.07. The van der Waals surface area contributed by atoms with Gasteiger partial charge in [-0.15, -0.1) is 0 Å². The third kappa shape index (κ3) is 7.05. The van der Waals surface area contributed by atoms with Crippen LogP contribution in [-0.2, 0) is 16.1 Å². The van der Waals surface area contributed by atoms with Gasteiger partial charge in [-0.25, -0.2) is 0 Å². The van der Waals surface area contributed by atoms with Crippen molar-refractivity contribution in [2.45, 2.75) is 45.8 Å². The Kier molecular flexibility index (Phi) is 9.65. The van der Waals surface area contributed by atoms with Gasteiger partial charge in [-0.1, -0.05) is 36.7 Å². The highest BCUT2D eigenvalue weighted by Gasteiger charge is 2.27. The Bertz CT molecular complexity index is 899. The van der Waals surface area contributed by atoms with Crippen molar-refractivity contribution >= 4 is 23.4 Å². The van der Waals surface area contributed by atoms with Crippen molar-refractivity contribution in [3.8, 4) is 17.2 Å². The van der Waals surface area contributed by atoms with E-state index in [1.807, 2.05) is 32.0 Å². The summed E-state index contributed by atoms with van der Waals surface area (Å²) in [6, 6.07) is 11.6. The predicted molar refractivity (Wildman–Crippen MR) is 124 cm³/mol. The minimum atomic E-state index is -0.712. The third-order valence-corrected chi connectivity index (χ3v) is 5.52. The van der Waals surface area contributed by atoms with Crippen LogP contribution in [0.15, 0.2) is 42.5 Å². The zero-order chi connectivity index (χ0) is 23.7. The van der Waals surface area contributed by atoms with Gasteiger partial charge in [0.2, 0.25) is 5.91 Å². The highest BCUT2D eigenvalue weighted by molar-refractivity contribution is 6.31. The van der Waals surface area contributed by atoms with Crippen molar-refractivity contribution in [3.05, 3.63) is 53.1 Å². The molecular weight excluding hydrogens is 432 g/mol. The van der Waals surface area contributed by atoms with Gasteiger partial charge in [0, 0.05) is 35.8 Å². The molecule has 8 heteroatoms. The fourth-order valence-electron chi connectivity index (χ4n) is 2.95. The van der Waals surface area contributed by atoms with E-state index in [9.17, 15) is 9.59 Å². The third-order valence-electron chi connectivity index (χ3n) is 5.15. The summed E-state index contributed by atoms with van der Waals surface area (Å²) < 4.78 is 16.2. The summed E-state index contributed by atoms with van der Waals surface area (Å²) >= 11 is 6.31. The first-order valence-electron chi connectivity index (χ1n) is 10.5. The Balaban J connectivity index is 2.21. The average Bonchev–Trinajstić information content (AvgIpc) is 2.81. The van der Waals surface area contributed by atoms with Crippen LogP contribution in [0.5, 0.6) is 17.2 Å². The molecule has 0 bridgehead atoms. The highest BCUT2D eigenvalue weighted by atomic mass is 35.5. The molecule has 0 aliphatic carbocycles. The van der Waals surface area contributed by atoms with Crippen molar-refractivity contribution in [1.82, 2.24) is 10.2 Å². The molecule has 0 aromatic heterocycles. The molecule has 7 nitrogen and oxygen atoms in total. The Morgan fingerprint density at radius 2 is 1.62 bits per heavy atom. The van der Waals surface area contributed by atoms with Gasteiger partial charge in [0.25, 0.3) is 5.91 Å². The highest BCUT2D eigenvalue weighted by Crippen LogP contribution is 2.27. The SMILES string of the molecule is CC[C@@H](C)NC(=O)[C@H](C)N(Cc1ccccc1Cl)C(=O)COc1cc(OC)cc(OC)c1. The van der Waals surface area contributed by atoms with E-state index in [0.29, 0.717) is 22.3 Å². The summed E-state index contributed by atoms with van der Waals surface area (Å²) in [5.74, 6) is 0.923. The van der Waals surface area contributed by atoms with Gasteiger partial charge in [-0.2, -0.15) is 0 Å². The van der Waals surface area contributed by atoms with Gasteiger partial charge < -0.3 is 24.4 Å². The monoisotopic (exact) mass is 462 g/mol. The van der Waals surface area contributed by atoms with Gasteiger partial charge in [-0.05, 0) is 31.9 Å². The van der Waals surface area contributed by atoms with Gasteiger partial charge in [-0.3, -0.25) is 9.59 Å². The number of halogens is 1. The first-order chi connectivity index (χ1) is 15.3. The van der Waals surface area contributed by atoms with E-state index >= 15 is 0 Å². The minimum absolute atomic E-state index is 0.00251. The first kappa shape index (κ1) is 25.3. The van der Waals surface area contributed by atoms with E-state index in [0.717, 1.165) is 12.0 Å². The lowest BCUT2D eigenvalue weighted by atomic mass is 10.1. The van der Waals surface area contributed by atoms with Gasteiger partial charge in [0.05, 0.1) is 14.2 Å². The summed E-state index contributed by atoms with van der Waals surface area (Å²) in [7, 11) is 3.07. The number of methoxy groups -OCH3 is 2. The molecule has 2 amide bonds. The molecule has 0 saturated heterocycles. The van der Waals surface area contributed by atoms with E-state index in [4.69, 9.17) is 25.8 Å². The number of carbonyl (C=O) groups excluding carboxylic acids is 2. The van der Waals surface area contributed by atoms with E-state index in [2.05, 4.69) is 5.32 Å². The Morgan fingerprint density at radius 1 is 1.03 bits per heavy atom. The topological polar surface area (TPSA) is 77.1 Å². The normalized spacial score (nSPS) is 12.4. The smallest absolute Gasteiger partial charge is 0.261 e. The van der Waals surface area contributed by atoms with Crippen LogP contribution in [0.25, 0.3) is 0 Å². The summed E-state index contributed by atoms with van der Waals surface area (Å²) in [5.41, 5.74) is 0.744. The van der Waals surface area contributed by atoms with Crippen LogP contribution in [0.2, 0.25) is 5.02 Å². The lowest BCUT2D eigenvalue weighted by Crippen LogP contribution is -2.50. The van der Waals surface area contributed by atoms with Crippen molar-refractivity contribution in [2.75, 3.05) is 20.8 Å². The molecule has 2 rings (SSSR count). The molecule has 174 valence electrons. The van der Waals surface area contributed by atoms with E-state index in [-0.39, 0.29) is 31.0 Å². The molecular formula is C24H31ClN2O5. The maximum Gasteiger partial charge on any atom is 0.261 e. The maximum atomic E-state index is 13.2. The number of nitrogens with zero attached hydrogens (tertiary/aromatic N) is 1. The fourth-order valence-corrected chi connectivity index (χ4v) is 3.15. The van der Waals surface area contributed by atoms with Crippen molar-refractivity contribution in [3.63, 3.8) is 0 Å². The molecule has 0 radical (unpaired) electrons. The van der Waals surface area contributed by atoms with Gasteiger partial charge in [0.1, 0.15) is 23.3 Å². The lowest BCUT2D eigenvalue weighted by molar-refractivity contribution is -0.142. The molecule has 2 atom stereocenters. The second-order valence-corrected chi connectivity index (χ2v) is 7.85. The summed E-state index contributed by atoms with van der Waals surface area (Å²) in [6.07, 6.45) is 0.789. The maximum absolute atomic E-state index is 13.2. The standard InChI is InChI=1S/C24H31ClN2O5/c1-6-16(2)26-24(29)17(3)27(14-18-9-7-8-10-22(18)25)23(28)15-32-21-12-19(30-4)11-20(13-21)31-5/h7-13,16-17H,6,14-15H2,1-5H3,(H,26,29)/t16-,17+/m1/s1. The van der Waals surface area contributed by atoms with Crippen LogP contribution < -0.4 is 19.5 Å². The molecule has 0 saturated carbocycles. The number of ether oxygens (including phenoxy) is 3. The van der Waals surface area contributed by atoms with Gasteiger partial charge in [0.15, 0.2) is 6.61 Å². The molecule has 0 fully saturated rings. The van der Waals surface area contributed by atoms with Crippen molar-refractivity contribution in [1.29, 1.82) is 0 Å². The lowest BCUT2D eigenvalue weighted by Gasteiger charge is -2.30. The van der Waals surface area contributed by atoms with Crippen molar-refractivity contribution < 1.29 is 23.8 Å². The number of hydrogen-bond acceptors (Lipinski definition) is 5. The van der Waals surface area contributed by atoms with E-state index < -0.39 is 6.04 Å².